The minimum absolute atomic E-state index is 0.0287. The molecule has 2 aromatic carbocycles. The molecule has 130 valence electrons. The van der Waals surface area contributed by atoms with Gasteiger partial charge in [-0.2, -0.15) is 5.10 Å². The molecule has 0 aliphatic heterocycles. The van der Waals surface area contributed by atoms with Crippen LogP contribution in [0.25, 0.3) is 0 Å². The third kappa shape index (κ3) is 4.22. The van der Waals surface area contributed by atoms with E-state index in [1.165, 1.54) is 50.6 Å². The lowest BCUT2D eigenvalue weighted by molar-refractivity contribution is -0.385. The summed E-state index contributed by atoms with van der Waals surface area (Å²) in [4.78, 5) is 22.5. The van der Waals surface area contributed by atoms with Crippen molar-refractivity contribution in [3.05, 3.63) is 57.6 Å². The van der Waals surface area contributed by atoms with Gasteiger partial charge in [0, 0.05) is 5.56 Å². The van der Waals surface area contributed by atoms with E-state index in [0.29, 0.717) is 5.75 Å². The van der Waals surface area contributed by atoms with Crippen molar-refractivity contribution in [2.75, 3.05) is 14.2 Å². The van der Waals surface area contributed by atoms with Crippen molar-refractivity contribution in [2.24, 2.45) is 5.10 Å². The number of amides is 1. The summed E-state index contributed by atoms with van der Waals surface area (Å²) in [6, 6.07) is 8.14. The first kappa shape index (κ1) is 17.7. The van der Waals surface area contributed by atoms with Crippen LogP contribution in [0.1, 0.15) is 15.9 Å². The Kier molecular flexibility index (Phi) is 5.51. The Balaban J connectivity index is 2.23. The first-order chi connectivity index (χ1) is 12.0. The molecule has 2 rings (SSSR count). The fourth-order valence-corrected chi connectivity index (χ4v) is 1.98. The SMILES string of the molecule is COc1cc(/C=N/NC(=O)c2ccc(O)cc2)c([N+](=O)[O-])cc1OC. The van der Waals surface area contributed by atoms with Crippen molar-refractivity contribution in [3.8, 4) is 17.2 Å². The van der Waals surface area contributed by atoms with E-state index >= 15 is 0 Å². The number of nitrogens with zero attached hydrogens (tertiary/aromatic N) is 2. The molecule has 0 bridgehead atoms. The molecule has 0 saturated carbocycles. The Bertz CT molecular complexity index is 817. The van der Waals surface area contributed by atoms with E-state index in [9.17, 15) is 20.0 Å². The van der Waals surface area contributed by atoms with E-state index in [2.05, 4.69) is 10.5 Å². The van der Waals surface area contributed by atoms with Crippen LogP contribution in [-0.2, 0) is 0 Å². The van der Waals surface area contributed by atoms with Crippen LogP contribution < -0.4 is 14.9 Å². The Labute approximate surface area is 142 Å². The third-order valence-electron chi connectivity index (χ3n) is 3.23. The number of hydrogen-bond acceptors (Lipinski definition) is 7. The van der Waals surface area contributed by atoms with Crippen LogP contribution in [0.5, 0.6) is 17.2 Å². The lowest BCUT2D eigenvalue weighted by Gasteiger charge is -2.08. The highest BCUT2D eigenvalue weighted by Gasteiger charge is 2.18. The van der Waals surface area contributed by atoms with Crippen LogP contribution in [-0.4, -0.2) is 36.4 Å². The van der Waals surface area contributed by atoms with E-state index in [4.69, 9.17) is 9.47 Å². The van der Waals surface area contributed by atoms with Gasteiger partial charge in [0.05, 0.1) is 37.0 Å². The van der Waals surface area contributed by atoms with E-state index in [-0.39, 0.29) is 28.3 Å². The second-order valence-electron chi connectivity index (χ2n) is 4.77. The summed E-state index contributed by atoms with van der Waals surface area (Å²) in [5.41, 5.74) is 2.41. The van der Waals surface area contributed by atoms with Gasteiger partial charge in [-0.1, -0.05) is 0 Å². The minimum atomic E-state index is -0.592. The van der Waals surface area contributed by atoms with Gasteiger partial charge in [0.2, 0.25) is 0 Å². The zero-order valence-corrected chi connectivity index (χ0v) is 13.4. The first-order valence-corrected chi connectivity index (χ1v) is 6.99. The number of aromatic hydroxyl groups is 1. The quantitative estimate of drug-likeness (QED) is 0.469. The molecule has 0 heterocycles. The van der Waals surface area contributed by atoms with Gasteiger partial charge in [-0.25, -0.2) is 5.43 Å². The molecule has 0 radical (unpaired) electrons. The molecule has 1 amide bonds. The summed E-state index contributed by atoms with van der Waals surface area (Å²) in [7, 11) is 2.77. The predicted molar refractivity (Wildman–Crippen MR) is 89.4 cm³/mol. The zero-order valence-electron chi connectivity index (χ0n) is 13.4. The number of methoxy groups -OCH3 is 2. The van der Waals surface area contributed by atoms with Crippen molar-refractivity contribution in [3.63, 3.8) is 0 Å². The highest BCUT2D eigenvalue weighted by molar-refractivity contribution is 5.95. The highest BCUT2D eigenvalue weighted by atomic mass is 16.6. The smallest absolute Gasteiger partial charge is 0.282 e. The van der Waals surface area contributed by atoms with Crippen molar-refractivity contribution in [1.82, 2.24) is 5.43 Å². The molecule has 2 N–H and O–H groups in total. The first-order valence-electron chi connectivity index (χ1n) is 6.99. The van der Waals surface area contributed by atoms with Gasteiger partial charge in [-0.15, -0.1) is 0 Å². The molecule has 0 unspecified atom stereocenters. The largest absolute Gasteiger partial charge is 0.508 e. The third-order valence-corrected chi connectivity index (χ3v) is 3.23. The normalized spacial score (nSPS) is 10.5. The molecule has 0 fully saturated rings. The molecule has 0 atom stereocenters. The van der Waals surface area contributed by atoms with Gasteiger partial charge < -0.3 is 14.6 Å². The van der Waals surface area contributed by atoms with E-state index in [1.54, 1.807) is 0 Å². The average Bonchev–Trinajstić information content (AvgIpc) is 2.61. The van der Waals surface area contributed by atoms with Gasteiger partial charge in [-0.3, -0.25) is 14.9 Å². The molecule has 0 aromatic heterocycles. The molecular formula is C16H15N3O6. The minimum Gasteiger partial charge on any atom is -0.508 e. The zero-order chi connectivity index (χ0) is 18.4. The summed E-state index contributed by atoms with van der Waals surface area (Å²) >= 11 is 0. The van der Waals surface area contributed by atoms with Gasteiger partial charge in [0.1, 0.15) is 5.75 Å². The lowest BCUT2D eigenvalue weighted by Crippen LogP contribution is -2.17. The molecule has 0 aliphatic carbocycles. The maximum absolute atomic E-state index is 11.9. The van der Waals surface area contributed by atoms with Crippen molar-refractivity contribution >= 4 is 17.8 Å². The Hall–Kier alpha value is -3.62. The monoisotopic (exact) mass is 345 g/mol. The maximum atomic E-state index is 11.9. The second kappa shape index (κ2) is 7.77. The Morgan fingerprint density at radius 2 is 1.80 bits per heavy atom. The number of nitro benzene ring substituents is 1. The van der Waals surface area contributed by atoms with Crippen LogP contribution in [0, 0.1) is 10.1 Å². The summed E-state index contributed by atoms with van der Waals surface area (Å²) in [6.07, 6.45) is 1.14. The summed E-state index contributed by atoms with van der Waals surface area (Å²) in [5.74, 6) is -0.000673. The number of carbonyl (C=O) groups is 1. The number of nitrogens with one attached hydrogen (secondary N) is 1. The van der Waals surface area contributed by atoms with Crippen molar-refractivity contribution in [2.45, 2.75) is 0 Å². The molecule has 25 heavy (non-hydrogen) atoms. The number of carbonyl (C=O) groups excluding carboxylic acids is 1. The molecule has 0 aliphatic rings. The number of hydrogen-bond donors (Lipinski definition) is 2. The molecule has 0 saturated heterocycles. The molecule has 0 spiro atoms. The number of ether oxygens (including phenoxy) is 2. The number of nitro groups is 1. The fraction of sp³-hybridized carbons (Fsp3) is 0.125. The van der Waals surface area contributed by atoms with E-state index in [0.717, 1.165) is 6.21 Å². The van der Waals surface area contributed by atoms with Gasteiger partial charge in [0.25, 0.3) is 11.6 Å². The van der Waals surface area contributed by atoms with Crippen molar-refractivity contribution < 1.29 is 24.3 Å². The van der Waals surface area contributed by atoms with Crippen LogP contribution >= 0.6 is 0 Å². The molecule has 9 nitrogen and oxygen atoms in total. The maximum Gasteiger partial charge on any atom is 0.282 e. The second-order valence-corrected chi connectivity index (χ2v) is 4.77. The summed E-state index contributed by atoms with van der Waals surface area (Å²) in [6.45, 7) is 0. The number of phenols is 1. The van der Waals surface area contributed by atoms with Gasteiger partial charge in [0.15, 0.2) is 11.5 Å². The van der Waals surface area contributed by atoms with Gasteiger partial charge >= 0.3 is 0 Å². The van der Waals surface area contributed by atoms with Crippen LogP contribution in [0.2, 0.25) is 0 Å². The standard InChI is InChI=1S/C16H15N3O6/c1-24-14-7-11(13(19(22)23)8-15(14)25-2)9-17-18-16(21)10-3-5-12(20)6-4-10/h3-9,20H,1-2H3,(H,18,21)/b17-9+. The van der Waals surface area contributed by atoms with Crippen LogP contribution in [0.3, 0.4) is 0 Å². The molecule has 2 aromatic rings. The number of benzene rings is 2. The van der Waals surface area contributed by atoms with E-state index < -0.39 is 10.8 Å². The highest BCUT2D eigenvalue weighted by Crippen LogP contribution is 2.33. The molecule has 9 heteroatoms. The van der Waals surface area contributed by atoms with Crippen LogP contribution in [0.15, 0.2) is 41.5 Å². The summed E-state index contributed by atoms with van der Waals surface area (Å²) < 4.78 is 10.1. The fourth-order valence-electron chi connectivity index (χ4n) is 1.98. The number of rotatable bonds is 6. The Morgan fingerprint density at radius 3 is 2.36 bits per heavy atom. The number of hydrazone groups is 1. The van der Waals surface area contributed by atoms with Crippen molar-refractivity contribution in [1.29, 1.82) is 0 Å². The predicted octanol–water partition coefficient (Wildman–Crippen LogP) is 2.08. The molecular weight excluding hydrogens is 330 g/mol. The topological polar surface area (TPSA) is 123 Å². The van der Waals surface area contributed by atoms with Gasteiger partial charge in [-0.05, 0) is 30.3 Å². The lowest BCUT2D eigenvalue weighted by atomic mass is 10.1. The van der Waals surface area contributed by atoms with E-state index in [1.807, 2.05) is 0 Å². The summed E-state index contributed by atoms with van der Waals surface area (Å²) in [5, 5.41) is 24.1. The Morgan fingerprint density at radius 1 is 1.20 bits per heavy atom. The van der Waals surface area contributed by atoms with Crippen LogP contribution in [0.4, 0.5) is 5.69 Å². The average molecular weight is 345 g/mol. The number of phenolic OH excluding ortho intramolecular Hbond substituents is 1.